The SMILES string of the molecule is Cc1[nH]cnc1C1CCN(C(=O)c2nn3c4c(cccc24)OCC3)CC1. The molecule has 0 radical (unpaired) electrons. The number of hydrogen-bond donors (Lipinski definition) is 1. The summed E-state index contributed by atoms with van der Waals surface area (Å²) in [6.07, 6.45) is 3.62. The smallest absolute Gasteiger partial charge is 0.275 e. The third-order valence-electron chi connectivity index (χ3n) is 5.53. The quantitative estimate of drug-likeness (QED) is 0.770. The number of aromatic amines is 1. The Hall–Kier alpha value is -2.83. The topological polar surface area (TPSA) is 76.0 Å². The number of carbonyl (C=O) groups excluding carboxylic acids is 1. The van der Waals surface area contributed by atoms with E-state index in [4.69, 9.17) is 4.74 Å². The number of imidazole rings is 1. The number of aryl methyl sites for hydroxylation is 1. The molecule has 1 fully saturated rings. The van der Waals surface area contributed by atoms with Crippen LogP contribution in [0.3, 0.4) is 0 Å². The van der Waals surface area contributed by atoms with E-state index in [0.717, 1.165) is 54.0 Å². The molecule has 2 aromatic heterocycles. The first-order valence-corrected chi connectivity index (χ1v) is 9.14. The maximum Gasteiger partial charge on any atom is 0.275 e. The lowest BCUT2D eigenvalue weighted by Crippen LogP contribution is -2.38. The number of para-hydroxylation sites is 1. The fraction of sp³-hybridized carbons (Fsp3) is 0.421. The number of carbonyl (C=O) groups is 1. The minimum atomic E-state index is 0.0185. The van der Waals surface area contributed by atoms with Gasteiger partial charge in [-0.1, -0.05) is 12.1 Å². The van der Waals surface area contributed by atoms with Gasteiger partial charge in [-0.2, -0.15) is 5.10 Å². The van der Waals surface area contributed by atoms with Crippen molar-refractivity contribution in [1.82, 2.24) is 24.6 Å². The van der Waals surface area contributed by atoms with Gasteiger partial charge in [0, 0.05) is 30.1 Å². The van der Waals surface area contributed by atoms with Crippen molar-refractivity contribution in [3.8, 4) is 5.75 Å². The van der Waals surface area contributed by atoms with Crippen LogP contribution in [0.1, 0.15) is 40.6 Å². The molecular weight excluding hydrogens is 330 g/mol. The Morgan fingerprint density at radius 2 is 2.12 bits per heavy atom. The number of piperidine rings is 1. The van der Waals surface area contributed by atoms with Gasteiger partial charge >= 0.3 is 0 Å². The molecule has 0 spiro atoms. The van der Waals surface area contributed by atoms with Gasteiger partial charge in [0.25, 0.3) is 5.91 Å². The number of amides is 1. The van der Waals surface area contributed by atoms with Crippen molar-refractivity contribution in [2.75, 3.05) is 19.7 Å². The van der Waals surface area contributed by atoms with E-state index in [1.165, 1.54) is 0 Å². The predicted molar refractivity (Wildman–Crippen MR) is 96.4 cm³/mol. The van der Waals surface area contributed by atoms with Gasteiger partial charge in [0.1, 0.15) is 17.9 Å². The summed E-state index contributed by atoms with van der Waals surface area (Å²) < 4.78 is 7.61. The fourth-order valence-electron chi connectivity index (χ4n) is 4.17. The van der Waals surface area contributed by atoms with Crippen molar-refractivity contribution in [2.24, 2.45) is 0 Å². The van der Waals surface area contributed by atoms with Crippen LogP contribution in [-0.2, 0) is 6.54 Å². The molecule has 7 nitrogen and oxygen atoms in total. The zero-order valence-corrected chi connectivity index (χ0v) is 14.7. The van der Waals surface area contributed by atoms with Gasteiger partial charge < -0.3 is 14.6 Å². The van der Waals surface area contributed by atoms with Crippen LogP contribution in [0.2, 0.25) is 0 Å². The molecule has 0 bridgehead atoms. The summed E-state index contributed by atoms with van der Waals surface area (Å²) in [5, 5.41) is 5.49. The summed E-state index contributed by atoms with van der Waals surface area (Å²) in [6, 6.07) is 5.83. The zero-order valence-electron chi connectivity index (χ0n) is 14.7. The Morgan fingerprint density at radius 1 is 1.27 bits per heavy atom. The van der Waals surface area contributed by atoms with E-state index in [0.29, 0.717) is 24.8 Å². The Morgan fingerprint density at radius 3 is 2.88 bits per heavy atom. The third kappa shape index (κ3) is 2.30. The second-order valence-electron chi connectivity index (χ2n) is 7.05. The zero-order chi connectivity index (χ0) is 17.7. The second-order valence-corrected chi connectivity index (χ2v) is 7.05. The highest BCUT2D eigenvalue weighted by Gasteiger charge is 2.30. The van der Waals surface area contributed by atoms with Crippen LogP contribution >= 0.6 is 0 Å². The fourth-order valence-corrected chi connectivity index (χ4v) is 4.17. The molecule has 0 atom stereocenters. The van der Waals surface area contributed by atoms with Crippen molar-refractivity contribution in [3.05, 3.63) is 41.6 Å². The van der Waals surface area contributed by atoms with E-state index in [2.05, 4.69) is 22.0 Å². The van der Waals surface area contributed by atoms with Gasteiger partial charge in [-0.15, -0.1) is 0 Å². The molecule has 7 heteroatoms. The van der Waals surface area contributed by atoms with E-state index in [1.807, 2.05) is 27.8 Å². The van der Waals surface area contributed by atoms with Crippen LogP contribution in [0.25, 0.3) is 10.9 Å². The molecule has 5 rings (SSSR count). The van der Waals surface area contributed by atoms with Crippen LogP contribution in [0, 0.1) is 6.92 Å². The highest BCUT2D eigenvalue weighted by Crippen LogP contribution is 2.33. The van der Waals surface area contributed by atoms with Gasteiger partial charge in [-0.25, -0.2) is 4.98 Å². The first-order chi connectivity index (χ1) is 12.7. The Balaban J connectivity index is 1.39. The molecule has 134 valence electrons. The summed E-state index contributed by atoms with van der Waals surface area (Å²) >= 11 is 0. The average Bonchev–Trinajstić information content (AvgIpc) is 3.27. The Bertz CT molecular complexity index is 981. The summed E-state index contributed by atoms with van der Waals surface area (Å²) in [6.45, 7) is 4.80. The molecule has 4 heterocycles. The minimum absolute atomic E-state index is 0.0185. The van der Waals surface area contributed by atoms with E-state index >= 15 is 0 Å². The summed E-state index contributed by atoms with van der Waals surface area (Å²) in [4.78, 5) is 22.6. The molecule has 1 saturated heterocycles. The van der Waals surface area contributed by atoms with Gasteiger partial charge in [-0.3, -0.25) is 9.48 Å². The van der Waals surface area contributed by atoms with Crippen LogP contribution in [-0.4, -0.2) is 50.3 Å². The highest BCUT2D eigenvalue weighted by molar-refractivity contribution is 6.06. The molecule has 0 unspecified atom stereocenters. The van der Waals surface area contributed by atoms with Gasteiger partial charge in [-0.05, 0) is 25.8 Å². The minimum Gasteiger partial charge on any atom is -0.489 e. The number of rotatable bonds is 2. The first kappa shape index (κ1) is 15.4. The molecule has 2 aliphatic heterocycles. The molecule has 0 aliphatic carbocycles. The summed E-state index contributed by atoms with van der Waals surface area (Å²) in [5.41, 5.74) is 3.75. The van der Waals surface area contributed by atoms with Crippen LogP contribution in [0.15, 0.2) is 24.5 Å². The number of nitrogens with zero attached hydrogens (tertiary/aromatic N) is 4. The highest BCUT2D eigenvalue weighted by atomic mass is 16.5. The lowest BCUT2D eigenvalue weighted by Gasteiger charge is -2.31. The largest absolute Gasteiger partial charge is 0.489 e. The van der Waals surface area contributed by atoms with E-state index in [1.54, 1.807) is 6.33 Å². The van der Waals surface area contributed by atoms with Crippen molar-refractivity contribution in [2.45, 2.75) is 32.2 Å². The van der Waals surface area contributed by atoms with Crippen LogP contribution in [0.4, 0.5) is 0 Å². The lowest BCUT2D eigenvalue weighted by molar-refractivity contribution is 0.0706. The van der Waals surface area contributed by atoms with Gasteiger partial charge in [0.05, 0.1) is 18.6 Å². The maximum atomic E-state index is 13.1. The number of nitrogens with one attached hydrogen (secondary N) is 1. The number of aromatic nitrogens is 4. The number of ether oxygens (including phenoxy) is 1. The molecule has 3 aromatic rings. The van der Waals surface area contributed by atoms with Gasteiger partial charge in [0.2, 0.25) is 0 Å². The van der Waals surface area contributed by atoms with E-state index in [9.17, 15) is 4.79 Å². The first-order valence-electron chi connectivity index (χ1n) is 9.14. The van der Waals surface area contributed by atoms with Crippen molar-refractivity contribution >= 4 is 16.8 Å². The Kier molecular flexibility index (Phi) is 3.48. The van der Waals surface area contributed by atoms with Crippen molar-refractivity contribution in [1.29, 1.82) is 0 Å². The second kappa shape index (κ2) is 5.86. The monoisotopic (exact) mass is 351 g/mol. The molecule has 1 N–H and O–H groups in total. The van der Waals surface area contributed by atoms with Crippen LogP contribution < -0.4 is 4.74 Å². The number of likely N-dealkylation sites (tertiary alicyclic amines) is 1. The van der Waals surface area contributed by atoms with Crippen molar-refractivity contribution < 1.29 is 9.53 Å². The number of hydrogen-bond acceptors (Lipinski definition) is 4. The van der Waals surface area contributed by atoms with Crippen molar-refractivity contribution in [3.63, 3.8) is 0 Å². The normalized spacial score (nSPS) is 17.5. The summed E-state index contributed by atoms with van der Waals surface area (Å²) in [5.74, 6) is 1.25. The molecule has 1 amide bonds. The Labute approximate surface area is 151 Å². The average molecular weight is 351 g/mol. The molecule has 26 heavy (non-hydrogen) atoms. The molecular formula is C19H21N5O2. The van der Waals surface area contributed by atoms with Crippen LogP contribution in [0.5, 0.6) is 5.75 Å². The van der Waals surface area contributed by atoms with Gasteiger partial charge in [0.15, 0.2) is 5.69 Å². The molecule has 1 aromatic carbocycles. The molecule has 0 saturated carbocycles. The van der Waals surface area contributed by atoms with E-state index < -0.39 is 0 Å². The lowest BCUT2D eigenvalue weighted by atomic mass is 9.92. The van der Waals surface area contributed by atoms with E-state index in [-0.39, 0.29) is 5.91 Å². The summed E-state index contributed by atoms with van der Waals surface area (Å²) in [7, 11) is 0. The number of H-pyrrole nitrogens is 1. The predicted octanol–water partition coefficient (Wildman–Crippen LogP) is 2.48. The molecule has 2 aliphatic rings. The number of benzene rings is 1. The third-order valence-corrected chi connectivity index (χ3v) is 5.53. The maximum absolute atomic E-state index is 13.1. The standard InChI is InChI=1S/C19H21N5O2/c1-12-16(21-11-20-12)13-5-7-23(8-6-13)19(25)17-14-3-2-4-15-18(14)24(22-17)9-10-26-15/h2-4,11,13H,5-10H2,1H3,(H,20,21).